The van der Waals surface area contributed by atoms with Crippen LogP contribution in [-0.2, 0) is 40.7 Å². The van der Waals surface area contributed by atoms with Gasteiger partial charge in [0, 0.05) is 12.6 Å². The maximum Gasteiger partial charge on any atom is 0.446 e. The highest BCUT2D eigenvalue weighted by Gasteiger charge is 2.59. The highest BCUT2D eigenvalue weighted by molar-refractivity contribution is 7.84. The van der Waals surface area contributed by atoms with Gasteiger partial charge in [-0.05, 0) is 30.2 Å². The van der Waals surface area contributed by atoms with Gasteiger partial charge in [0.25, 0.3) is 5.91 Å². The Morgan fingerprint density at radius 3 is 2.16 bits per heavy atom. The number of hydrogen-bond acceptors (Lipinski definition) is 10. The van der Waals surface area contributed by atoms with Crippen LogP contribution in [0.15, 0.2) is 24.3 Å². The number of nitrogens with zero attached hydrogens (tertiary/aromatic N) is 2. The highest BCUT2D eigenvalue weighted by Crippen LogP contribution is 2.36. The van der Waals surface area contributed by atoms with E-state index in [-0.39, 0.29) is 18.5 Å². The predicted molar refractivity (Wildman–Crippen MR) is 102 cm³/mol. The average molecular weight is 514 g/mol. The van der Waals surface area contributed by atoms with E-state index in [1.165, 1.54) is 0 Å². The largest absolute Gasteiger partial charge is 0.446 e. The second-order valence-corrected chi connectivity index (χ2v) is 9.84. The smallest absolute Gasteiger partial charge is 0.358 e. The lowest BCUT2D eigenvalue weighted by atomic mass is 10.0. The van der Waals surface area contributed by atoms with E-state index in [0.29, 0.717) is 4.31 Å². The molecular weight excluding hydrogens is 500 g/mol. The van der Waals surface area contributed by atoms with Crippen LogP contribution in [-0.4, -0.2) is 78.6 Å². The molecule has 0 bridgehead atoms. The minimum absolute atomic E-state index is 0.0223. The number of likely N-dealkylation sites (tertiary alicyclic amines) is 1. The SMILES string of the molecule is O=C(C=Cc1ccc(OS(=O)(=O)O)c(OS(=O)(=O)O)c1)N1CC[C@@H]2[C@H]1C(=O)N2S(=O)(=O)O. The van der Waals surface area contributed by atoms with Gasteiger partial charge in [0.2, 0.25) is 5.91 Å². The molecule has 18 heteroatoms. The zero-order valence-electron chi connectivity index (χ0n) is 15.5. The lowest BCUT2D eigenvalue weighted by molar-refractivity contribution is -0.149. The summed E-state index contributed by atoms with van der Waals surface area (Å²) >= 11 is 0. The van der Waals surface area contributed by atoms with Crippen LogP contribution < -0.4 is 8.37 Å². The van der Waals surface area contributed by atoms with Crippen molar-refractivity contribution in [2.24, 2.45) is 0 Å². The monoisotopic (exact) mass is 514 g/mol. The molecule has 2 saturated heterocycles. The van der Waals surface area contributed by atoms with Gasteiger partial charge in [-0.15, -0.1) is 0 Å². The van der Waals surface area contributed by atoms with Gasteiger partial charge in [-0.25, -0.2) is 4.31 Å². The van der Waals surface area contributed by atoms with Crippen LogP contribution in [0.1, 0.15) is 12.0 Å². The van der Waals surface area contributed by atoms with Gasteiger partial charge in [0.15, 0.2) is 11.5 Å². The minimum atomic E-state index is -5.11. The van der Waals surface area contributed by atoms with E-state index >= 15 is 0 Å². The maximum absolute atomic E-state index is 12.4. The normalized spacial score (nSPS) is 21.4. The van der Waals surface area contributed by atoms with Crippen molar-refractivity contribution in [1.29, 1.82) is 0 Å². The third-order valence-electron chi connectivity index (χ3n) is 4.45. The molecule has 2 fully saturated rings. The van der Waals surface area contributed by atoms with E-state index in [4.69, 9.17) is 13.7 Å². The molecule has 1 aromatic rings. The van der Waals surface area contributed by atoms with Crippen LogP contribution in [0.5, 0.6) is 11.5 Å². The van der Waals surface area contributed by atoms with E-state index in [9.17, 15) is 34.8 Å². The van der Waals surface area contributed by atoms with Crippen LogP contribution >= 0.6 is 0 Å². The fourth-order valence-electron chi connectivity index (χ4n) is 3.32. The number of rotatable bonds is 7. The summed E-state index contributed by atoms with van der Waals surface area (Å²) in [7, 11) is -14.9. The average Bonchev–Trinajstić information content (AvgIpc) is 2.96. The summed E-state index contributed by atoms with van der Waals surface area (Å²) in [4.78, 5) is 25.5. The lowest BCUT2D eigenvalue weighted by Crippen LogP contribution is -2.68. The first-order valence-corrected chi connectivity index (χ1v) is 12.5. The van der Waals surface area contributed by atoms with E-state index in [1.54, 1.807) is 0 Å². The van der Waals surface area contributed by atoms with Gasteiger partial charge in [0.05, 0.1) is 6.04 Å². The number of carbonyl (C=O) groups is 2. The van der Waals surface area contributed by atoms with Crippen molar-refractivity contribution in [3.63, 3.8) is 0 Å². The molecule has 176 valence electrons. The summed E-state index contributed by atoms with van der Waals surface area (Å²) < 4.78 is 101. The molecule has 2 amide bonds. The molecule has 0 radical (unpaired) electrons. The Bertz CT molecular complexity index is 1320. The van der Waals surface area contributed by atoms with Gasteiger partial charge in [-0.1, -0.05) is 6.07 Å². The molecule has 0 spiro atoms. The second-order valence-electron chi connectivity index (χ2n) is 6.51. The molecule has 1 aromatic carbocycles. The fraction of sp³-hybridized carbons (Fsp3) is 0.286. The van der Waals surface area contributed by atoms with Crippen LogP contribution in [0, 0.1) is 0 Å². The van der Waals surface area contributed by atoms with Gasteiger partial charge < -0.3 is 13.3 Å². The third-order valence-corrected chi connectivity index (χ3v) is 6.17. The first-order chi connectivity index (χ1) is 14.6. The third kappa shape index (κ3) is 5.16. The number of β-lactam (4-membered cyclic amide) rings is 1. The second kappa shape index (κ2) is 7.98. The minimum Gasteiger partial charge on any atom is -0.358 e. The maximum atomic E-state index is 12.4. The molecule has 0 aliphatic carbocycles. The van der Waals surface area contributed by atoms with E-state index < -0.39 is 66.5 Å². The van der Waals surface area contributed by atoms with Gasteiger partial charge in [-0.3, -0.25) is 23.2 Å². The summed E-state index contributed by atoms with van der Waals surface area (Å²) in [6, 6.07) is 0.908. The van der Waals surface area contributed by atoms with Crippen LogP contribution in [0.4, 0.5) is 0 Å². The quantitative estimate of drug-likeness (QED) is 0.218. The van der Waals surface area contributed by atoms with Crippen molar-refractivity contribution < 1.29 is 56.9 Å². The van der Waals surface area contributed by atoms with Gasteiger partial charge >= 0.3 is 31.1 Å². The number of carbonyl (C=O) groups excluding carboxylic acids is 2. The van der Waals surface area contributed by atoms with E-state index in [0.717, 1.165) is 35.3 Å². The molecule has 2 aliphatic heterocycles. The number of hydrogen-bond donors (Lipinski definition) is 3. The topological polar surface area (TPSA) is 222 Å². The summed E-state index contributed by atoms with van der Waals surface area (Å²) in [6.07, 6.45) is 2.19. The molecule has 2 heterocycles. The Morgan fingerprint density at radius 2 is 1.59 bits per heavy atom. The highest BCUT2D eigenvalue weighted by atomic mass is 32.3. The standard InChI is InChI=1S/C14H14N2O13S3/c17-12(15-6-5-9-13(15)14(18)16(9)30(19,20)21)4-2-8-1-3-10(28-31(22,23)24)11(7-8)29-32(25,26)27/h1-4,7,9,13H,5-6H2,(H,19,20,21)(H,22,23,24)(H,25,26,27)/t9-,13+/m1/s1. The molecular formula is C14H14N2O13S3. The van der Waals surface area contributed by atoms with Crippen molar-refractivity contribution in [3.8, 4) is 11.5 Å². The molecule has 2 atom stereocenters. The van der Waals surface area contributed by atoms with E-state index in [1.807, 2.05) is 0 Å². The predicted octanol–water partition coefficient (Wildman–Crippen LogP) is -1.32. The Kier molecular flexibility index (Phi) is 5.95. The van der Waals surface area contributed by atoms with Crippen molar-refractivity contribution in [3.05, 3.63) is 29.8 Å². The van der Waals surface area contributed by atoms with Crippen LogP contribution in [0.25, 0.3) is 6.08 Å². The Balaban J connectivity index is 1.80. The number of amides is 2. The first-order valence-electron chi connectivity index (χ1n) is 8.34. The zero-order valence-corrected chi connectivity index (χ0v) is 17.9. The lowest BCUT2D eigenvalue weighted by Gasteiger charge is -2.42. The summed E-state index contributed by atoms with van der Waals surface area (Å²) in [5.41, 5.74) is 0.0509. The van der Waals surface area contributed by atoms with Crippen molar-refractivity contribution in [1.82, 2.24) is 9.21 Å². The van der Waals surface area contributed by atoms with Crippen molar-refractivity contribution in [2.75, 3.05) is 6.54 Å². The van der Waals surface area contributed by atoms with Gasteiger partial charge in [-0.2, -0.15) is 25.3 Å². The van der Waals surface area contributed by atoms with Crippen molar-refractivity contribution >= 4 is 49.0 Å². The molecule has 0 unspecified atom stereocenters. The number of fused-ring (bicyclic) bond motifs is 1. The fourth-order valence-corrected chi connectivity index (χ4v) is 4.94. The molecule has 0 aromatic heterocycles. The zero-order chi connectivity index (χ0) is 24.1. The Hall–Kier alpha value is -2.77. The summed E-state index contributed by atoms with van der Waals surface area (Å²) in [5, 5.41) is 0. The first kappa shape index (κ1) is 23.9. The van der Waals surface area contributed by atoms with Crippen LogP contribution in [0.3, 0.4) is 0 Å². The van der Waals surface area contributed by atoms with Gasteiger partial charge in [0.1, 0.15) is 6.04 Å². The molecule has 0 saturated carbocycles. The Morgan fingerprint density at radius 1 is 1.00 bits per heavy atom. The molecule has 3 N–H and O–H groups in total. The molecule has 15 nitrogen and oxygen atoms in total. The molecule has 2 aliphatic rings. The summed E-state index contributed by atoms with van der Waals surface area (Å²) in [6.45, 7) is 0.0223. The molecule has 32 heavy (non-hydrogen) atoms. The Labute approximate surface area is 181 Å². The number of benzene rings is 1. The summed E-state index contributed by atoms with van der Waals surface area (Å²) in [5.74, 6) is -3.30. The van der Waals surface area contributed by atoms with Crippen molar-refractivity contribution in [2.45, 2.75) is 18.5 Å². The molecule has 3 rings (SSSR count). The van der Waals surface area contributed by atoms with E-state index in [2.05, 4.69) is 8.37 Å². The van der Waals surface area contributed by atoms with Crippen LogP contribution in [0.2, 0.25) is 0 Å².